The van der Waals surface area contributed by atoms with Crippen molar-refractivity contribution in [3.63, 3.8) is 0 Å². The standard InChI is InChI=1S/C15H20N2O3/c1-11(18)13-3-2-4-14(9-13)17-15(19)16-7-5-12-6-8-20-10-12/h2-4,9,12H,5-8,10H2,1H3,(H2,16,17,19). The molecule has 1 aliphatic heterocycles. The number of hydrogen-bond acceptors (Lipinski definition) is 3. The second-order valence-electron chi connectivity index (χ2n) is 5.04. The average molecular weight is 276 g/mol. The van der Waals surface area contributed by atoms with Gasteiger partial charge in [-0.2, -0.15) is 0 Å². The minimum atomic E-state index is -0.246. The maximum absolute atomic E-state index is 11.7. The van der Waals surface area contributed by atoms with E-state index in [0.29, 0.717) is 23.7 Å². The van der Waals surface area contributed by atoms with Crippen molar-refractivity contribution in [1.82, 2.24) is 5.32 Å². The number of rotatable bonds is 5. The number of hydrogen-bond donors (Lipinski definition) is 2. The van der Waals surface area contributed by atoms with Gasteiger partial charge in [-0.3, -0.25) is 4.79 Å². The van der Waals surface area contributed by atoms with Crippen LogP contribution in [0, 0.1) is 5.92 Å². The Kier molecular flexibility index (Phi) is 5.12. The maximum atomic E-state index is 11.7. The first-order chi connectivity index (χ1) is 9.65. The van der Waals surface area contributed by atoms with Gasteiger partial charge in [0, 0.05) is 31.0 Å². The number of urea groups is 1. The van der Waals surface area contributed by atoms with Gasteiger partial charge in [-0.15, -0.1) is 0 Å². The van der Waals surface area contributed by atoms with Crippen LogP contribution in [0.25, 0.3) is 0 Å². The van der Waals surface area contributed by atoms with Crippen molar-refractivity contribution in [1.29, 1.82) is 0 Å². The monoisotopic (exact) mass is 276 g/mol. The Morgan fingerprint density at radius 1 is 1.40 bits per heavy atom. The second-order valence-corrected chi connectivity index (χ2v) is 5.04. The van der Waals surface area contributed by atoms with Crippen LogP contribution in [0.1, 0.15) is 30.1 Å². The van der Waals surface area contributed by atoms with Gasteiger partial charge in [0.25, 0.3) is 0 Å². The summed E-state index contributed by atoms with van der Waals surface area (Å²) in [6.45, 7) is 3.76. The Bertz CT molecular complexity index is 482. The highest BCUT2D eigenvalue weighted by Gasteiger charge is 2.15. The highest BCUT2D eigenvalue weighted by Crippen LogP contribution is 2.15. The van der Waals surface area contributed by atoms with Crippen molar-refractivity contribution in [3.05, 3.63) is 29.8 Å². The summed E-state index contributed by atoms with van der Waals surface area (Å²) in [6, 6.07) is 6.67. The molecule has 0 aliphatic carbocycles. The van der Waals surface area contributed by atoms with Gasteiger partial charge in [-0.25, -0.2) is 4.79 Å². The van der Waals surface area contributed by atoms with Crippen LogP contribution in [0.3, 0.4) is 0 Å². The van der Waals surface area contributed by atoms with E-state index in [9.17, 15) is 9.59 Å². The van der Waals surface area contributed by atoms with Crippen LogP contribution in [-0.4, -0.2) is 31.6 Å². The molecule has 1 heterocycles. The molecule has 0 bridgehead atoms. The maximum Gasteiger partial charge on any atom is 0.319 e. The van der Waals surface area contributed by atoms with Crippen molar-refractivity contribution >= 4 is 17.5 Å². The molecule has 20 heavy (non-hydrogen) atoms. The number of carbonyl (C=O) groups excluding carboxylic acids is 2. The first-order valence-corrected chi connectivity index (χ1v) is 6.89. The number of benzene rings is 1. The fraction of sp³-hybridized carbons (Fsp3) is 0.467. The van der Waals surface area contributed by atoms with Crippen molar-refractivity contribution in [2.24, 2.45) is 5.92 Å². The lowest BCUT2D eigenvalue weighted by Gasteiger charge is -2.10. The molecule has 0 saturated carbocycles. The second kappa shape index (κ2) is 7.05. The van der Waals surface area contributed by atoms with Gasteiger partial charge in [0.15, 0.2) is 5.78 Å². The van der Waals surface area contributed by atoms with Gasteiger partial charge < -0.3 is 15.4 Å². The van der Waals surface area contributed by atoms with E-state index in [2.05, 4.69) is 10.6 Å². The topological polar surface area (TPSA) is 67.4 Å². The van der Waals surface area contributed by atoms with E-state index in [1.54, 1.807) is 24.3 Å². The van der Waals surface area contributed by atoms with Crippen LogP contribution in [0.5, 0.6) is 0 Å². The minimum absolute atomic E-state index is 0.0182. The fourth-order valence-electron chi connectivity index (χ4n) is 2.19. The van der Waals surface area contributed by atoms with Crippen LogP contribution < -0.4 is 10.6 Å². The average Bonchev–Trinajstić information content (AvgIpc) is 2.92. The van der Waals surface area contributed by atoms with E-state index in [1.165, 1.54) is 6.92 Å². The van der Waals surface area contributed by atoms with E-state index >= 15 is 0 Å². The molecule has 1 saturated heterocycles. The molecule has 5 nitrogen and oxygen atoms in total. The van der Waals surface area contributed by atoms with Crippen LogP contribution in [-0.2, 0) is 4.74 Å². The normalized spacial score (nSPS) is 17.8. The predicted octanol–water partition coefficient (Wildman–Crippen LogP) is 2.44. The summed E-state index contributed by atoms with van der Waals surface area (Å²) in [5.74, 6) is 0.534. The third kappa shape index (κ3) is 4.35. The quantitative estimate of drug-likeness (QED) is 0.812. The molecule has 5 heteroatoms. The lowest BCUT2D eigenvalue weighted by atomic mass is 10.1. The fourth-order valence-corrected chi connectivity index (χ4v) is 2.19. The van der Waals surface area contributed by atoms with Crippen molar-refractivity contribution < 1.29 is 14.3 Å². The lowest BCUT2D eigenvalue weighted by molar-refractivity contribution is 0.101. The van der Waals surface area contributed by atoms with Crippen LogP contribution in [0.2, 0.25) is 0 Å². The Hall–Kier alpha value is -1.88. The van der Waals surface area contributed by atoms with Crippen molar-refractivity contribution in [3.8, 4) is 0 Å². The largest absolute Gasteiger partial charge is 0.381 e. The molecule has 0 aromatic heterocycles. The van der Waals surface area contributed by atoms with E-state index in [4.69, 9.17) is 4.74 Å². The zero-order valence-corrected chi connectivity index (χ0v) is 11.6. The smallest absolute Gasteiger partial charge is 0.319 e. The summed E-state index contributed by atoms with van der Waals surface area (Å²) in [4.78, 5) is 23.0. The number of anilines is 1. The molecule has 2 rings (SSSR count). The highest BCUT2D eigenvalue weighted by molar-refractivity contribution is 5.96. The first-order valence-electron chi connectivity index (χ1n) is 6.89. The van der Waals surface area contributed by atoms with Gasteiger partial charge in [-0.1, -0.05) is 12.1 Å². The third-order valence-electron chi connectivity index (χ3n) is 3.39. The SMILES string of the molecule is CC(=O)c1cccc(NC(=O)NCCC2CCOC2)c1. The lowest BCUT2D eigenvalue weighted by Crippen LogP contribution is -2.30. The summed E-state index contributed by atoms with van der Waals surface area (Å²) in [5, 5.41) is 5.55. The molecular weight excluding hydrogens is 256 g/mol. The molecule has 1 atom stereocenters. The number of Topliss-reactive ketones (excluding diaryl/α,β-unsaturated/α-hetero) is 1. The van der Waals surface area contributed by atoms with Gasteiger partial charge >= 0.3 is 6.03 Å². The molecule has 1 aromatic carbocycles. The third-order valence-corrected chi connectivity index (χ3v) is 3.39. The Balaban J connectivity index is 1.76. The molecule has 1 aromatic rings. The summed E-state index contributed by atoms with van der Waals surface area (Å²) in [7, 11) is 0. The highest BCUT2D eigenvalue weighted by atomic mass is 16.5. The minimum Gasteiger partial charge on any atom is -0.381 e. The number of amides is 2. The van der Waals surface area contributed by atoms with Gasteiger partial charge in [0.05, 0.1) is 0 Å². The van der Waals surface area contributed by atoms with E-state index in [1.807, 2.05) is 0 Å². The molecule has 1 fully saturated rings. The van der Waals surface area contributed by atoms with E-state index < -0.39 is 0 Å². The molecule has 1 unspecified atom stereocenters. The molecule has 108 valence electrons. The van der Waals surface area contributed by atoms with Crippen molar-refractivity contribution in [2.45, 2.75) is 19.8 Å². The summed E-state index contributed by atoms with van der Waals surface area (Å²) in [6.07, 6.45) is 2.00. The Morgan fingerprint density at radius 3 is 2.95 bits per heavy atom. The van der Waals surface area contributed by atoms with E-state index in [-0.39, 0.29) is 11.8 Å². The number of nitrogens with one attached hydrogen (secondary N) is 2. The number of ether oxygens (including phenoxy) is 1. The molecule has 0 radical (unpaired) electrons. The molecule has 2 amide bonds. The zero-order valence-electron chi connectivity index (χ0n) is 11.6. The predicted molar refractivity (Wildman–Crippen MR) is 77.0 cm³/mol. The number of carbonyl (C=O) groups is 2. The molecular formula is C15H20N2O3. The molecule has 0 spiro atoms. The van der Waals surface area contributed by atoms with Gasteiger partial charge in [-0.05, 0) is 37.8 Å². The first kappa shape index (κ1) is 14.5. The van der Waals surface area contributed by atoms with Gasteiger partial charge in [0.1, 0.15) is 0 Å². The summed E-state index contributed by atoms with van der Waals surface area (Å²) < 4.78 is 5.29. The Labute approximate surface area is 118 Å². The van der Waals surface area contributed by atoms with Crippen LogP contribution in [0.15, 0.2) is 24.3 Å². The van der Waals surface area contributed by atoms with Crippen LogP contribution >= 0.6 is 0 Å². The van der Waals surface area contributed by atoms with E-state index in [0.717, 1.165) is 26.1 Å². The van der Waals surface area contributed by atoms with Crippen LogP contribution in [0.4, 0.5) is 10.5 Å². The number of ketones is 1. The molecule has 2 N–H and O–H groups in total. The zero-order chi connectivity index (χ0) is 14.4. The van der Waals surface area contributed by atoms with Crippen molar-refractivity contribution in [2.75, 3.05) is 25.1 Å². The van der Waals surface area contributed by atoms with Gasteiger partial charge in [0.2, 0.25) is 0 Å². The summed E-state index contributed by atoms with van der Waals surface area (Å²) in [5.41, 5.74) is 1.21. The summed E-state index contributed by atoms with van der Waals surface area (Å²) >= 11 is 0. The Morgan fingerprint density at radius 2 is 2.25 bits per heavy atom. The molecule has 1 aliphatic rings.